The number of benzene rings is 1. The van der Waals surface area contributed by atoms with Crippen molar-refractivity contribution >= 4 is 23.6 Å². The monoisotopic (exact) mass is 263 g/mol. The summed E-state index contributed by atoms with van der Waals surface area (Å²) in [5.41, 5.74) is 0.959. The molecule has 1 unspecified atom stereocenters. The molecule has 1 aromatic rings. The van der Waals surface area contributed by atoms with Gasteiger partial charge < -0.3 is 4.90 Å². The molecule has 18 heavy (non-hydrogen) atoms. The normalized spacial score (nSPS) is 20.3. The van der Waals surface area contributed by atoms with E-state index in [0.29, 0.717) is 11.1 Å². The molecule has 2 rings (SSSR count). The zero-order valence-corrected chi connectivity index (χ0v) is 11.4. The highest BCUT2D eigenvalue weighted by molar-refractivity contribution is 6.30. The topological polar surface area (TPSA) is 20.3 Å². The van der Waals surface area contributed by atoms with E-state index in [0.717, 1.165) is 24.9 Å². The van der Waals surface area contributed by atoms with Crippen molar-refractivity contribution in [2.75, 3.05) is 6.54 Å². The van der Waals surface area contributed by atoms with E-state index in [-0.39, 0.29) is 5.91 Å². The zero-order chi connectivity index (χ0) is 13.0. The first-order valence-corrected chi connectivity index (χ1v) is 6.79. The lowest BCUT2D eigenvalue weighted by Crippen LogP contribution is -2.41. The van der Waals surface area contributed by atoms with E-state index in [4.69, 9.17) is 11.6 Å². The van der Waals surface area contributed by atoms with Crippen LogP contribution in [0.3, 0.4) is 0 Å². The molecule has 0 radical (unpaired) electrons. The van der Waals surface area contributed by atoms with E-state index >= 15 is 0 Å². The second-order valence-corrected chi connectivity index (χ2v) is 5.20. The molecule has 1 fully saturated rings. The van der Waals surface area contributed by atoms with Crippen LogP contribution in [0.2, 0.25) is 5.02 Å². The summed E-state index contributed by atoms with van der Waals surface area (Å²) in [6.07, 6.45) is 6.92. The molecule has 0 spiro atoms. The van der Waals surface area contributed by atoms with Crippen molar-refractivity contribution in [1.29, 1.82) is 0 Å². The van der Waals surface area contributed by atoms with Crippen molar-refractivity contribution in [1.82, 2.24) is 4.90 Å². The van der Waals surface area contributed by atoms with Crippen LogP contribution in [0.1, 0.15) is 31.7 Å². The van der Waals surface area contributed by atoms with Crippen molar-refractivity contribution in [2.24, 2.45) is 0 Å². The Labute approximate surface area is 113 Å². The van der Waals surface area contributed by atoms with Crippen LogP contribution in [0, 0.1) is 0 Å². The standard InChI is InChI=1S/C15H18ClNO/c1-12-5-2-3-10-17(12)15(18)9-8-13-6-4-7-14(16)11-13/h4,6-9,11-12H,2-3,5,10H2,1H3/b9-8+. The summed E-state index contributed by atoms with van der Waals surface area (Å²) >= 11 is 5.90. The van der Waals surface area contributed by atoms with Crippen LogP contribution in [0.15, 0.2) is 30.3 Å². The van der Waals surface area contributed by atoms with Gasteiger partial charge in [-0.2, -0.15) is 0 Å². The fourth-order valence-corrected chi connectivity index (χ4v) is 2.50. The van der Waals surface area contributed by atoms with Crippen molar-refractivity contribution in [2.45, 2.75) is 32.2 Å². The Morgan fingerprint density at radius 1 is 1.44 bits per heavy atom. The number of hydrogen-bond donors (Lipinski definition) is 0. The number of amides is 1. The SMILES string of the molecule is CC1CCCCN1C(=O)/C=C/c1cccc(Cl)c1. The number of hydrogen-bond acceptors (Lipinski definition) is 1. The van der Waals surface area contributed by atoms with Crippen LogP contribution in [-0.4, -0.2) is 23.4 Å². The maximum absolute atomic E-state index is 12.1. The van der Waals surface area contributed by atoms with Crippen LogP contribution in [-0.2, 0) is 4.79 Å². The Balaban J connectivity index is 2.02. The molecule has 0 aliphatic carbocycles. The molecule has 1 amide bonds. The van der Waals surface area contributed by atoms with Gasteiger partial charge in [-0.1, -0.05) is 23.7 Å². The zero-order valence-electron chi connectivity index (χ0n) is 10.6. The van der Waals surface area contributed by atoms with Gasteiger partial charge in [0.1, 0.15) is 0 Å². The fraction of sp³-hybridized carbons (Fsp3) is 0.400. The number of rotatable bonds is 2. The molecule has 1 aromatic carbocycles. The third-order valence-electron chi connectivity index (χ3n) is 3.35. The third kappa shape index (κ3) is 3.36. The molecular weight excluding hydrogens is 246 g/mol. The van der Waals surface area contributed by atoms with Gasteiger partial charge in [0, 0.05) is 23.7 Å². The van der Waals surface area contributed by atoms with Gasteiger partial charge in [0.05, 0.1) is 0 Å². The Hall–Kier alpha value is -1.28. The maximum atomic E-state index is 12.1. The van der Waals surface area contributed by atoms with E-state index in [1.165, 1.54) is 6.42 Å². The van der Waals surface area contributed by atoms with E-state index in [9.17, 15) is 4.79 Å². The van der Waals surface area contributed by atoms with Gasteiger partial charge >= 0.3 is 0 Å². The summed E-state index contributed by atoms with van der Waals surface area (Å²) in [6, 6.07) is 7.86. The molecule has 0 N–H and O–H groups in total. The predicted octanol–water partition coefficient (Wildman–Crippen LogP) is 3.75. The molecular formula is C15H18ClNO. The Kier molecular flexibility index (Phi) is 4.43. The first kappa shape index (κ1) is 13.2. The van der Waals surface area contributed by atoms with Gasteiger partial charge in [0.2, 0.25) is 5.91 Å². The molecule has 0 bridgehead atoms. The number of piperidine rings is 1. The van der Waals surface area contributed by atoms with Crippen LogP contribution in [0.4, 0.5) is 0 Å². The molecule has 0 saturated carbocycles. The lowest BCUT2D eigenvalue weighted by Gasteiger charge is -2.32. The highest BCUT2D eigenvalue weighted by atomic mass is 35.5. The predicted molar refractivity (Wildman–Crippen MR) is 75.5 cm³/mol. The Morgan fingerprint density at radius 3 is 3.00 bits per heavy atom. The molecule has 2 nitrogen and oxygen atoms in total. The Bertz CT molecular complexity index is 456. The molecule has 1 heterocycles. The minimum Gasteiger partial charge on any atom is -0.336 e. The highest BCUT2D eigenvalue weighted by Crippen LogP contribution is 2.17. The van der Waals surface area contributed by atoms with Crippen LogP contribution in [0.25, 0.3) is 6.08 Å². The molecule has 3 heteroatoms. The highest BCUT2D eigenvalue weighted by Gasteiger charge is 2.20. The number of carbonyl (C=O) groups excluding carboxylic acids is 1. The summed E-state index contributed by atoms with van der Waals surface area (Å²) in [6.45, 7) is 2.99. The molecule has 1 aliphatic rings. The number of likely N-dealkylation sites (tertiary alicyclic amines) is 1. The van der Waals surface area contributed by atoms with Crippen molar-refractivity contribution < 1.29 is 4.79 Å². The largest absolute Gasteiger partial charge is 0.336 e. The van der Waals surface area contributed by atoms with Gasteiger partial charge in [-0.15, -0.1) is 0 Å². The minimum absolute atomic E-state index is 0.0992. The van der Waals surface area contributed by atoms with Gasteiger partial charge in [-0.05, 0) is 50.0 Å². The smallest absolute Gasteiger partial charge is 0.246 e. The summed E-state index contributed by atoms with van der Waals surface area (Å²) < 4.78 is 0. The molecule has 1 aliphatic heterocycles. The van der Waals surface area contributed by atoms with Gasteiger partial charge in [-0.3, -0.25) is 4.79 Å². The summed E-state index contributed by atoms with van der Waals surface area (Å²) in [5.74, 6) is 0.0992. The van der Waals surface area contributed by atoms with E-state index < -0.39 is 0 Å². The number of carbonyl (C=O) groups is 1. The molecule has 0 aromatic heterocycles. The minimum atomic E-state index is 0.0992. The summed E-state index contributed by atoms with van der Waals surface area (Å²) in [7, 11) is 0. The van der Waals surface area contributed by atoms with Crippen molar-refractivity contribution in [3.05, 3.63) is 40.9 Å². The van der Waals surface area contributed by atoms with Crippen molar-refractivity contribution in [3.8, 4) is 0 Å². The van der Waals surface area contributed by atoms with E-state index in [1.807, 2.05) is 35.2 Å². The first-order chi connectivity index (χ1) is 8.66. The summed E-state index contributed by atoms with van der Waals surface area (Å²) in [4.78, 5) is 14.0. The van der Waals surface area contributed by atoms with E-state index in [2.05, 4.69) is 6.92 Å². The van der Waals surface area contributed by atoms with Crippen LogP contribution in [0.5, 0.6) is 0 Å². The molecule has 1 atom stereocenters. The number of halogens is 1. The van der Waals surface area contributed by atoms with Crippen LogP contribution >= 0.6 is 11.6 Å². The lowest BCUT2D eigenvalue weighted by molar-refractivity contribution is -0.129. The first-order valence-electron chi connectivity index (χ1n) is 6.41. The van der Waals surface area contributed by atoms with Gasteiger partial charge in [-0.25, -0.2) is 0 Å². The second kappa shape index (κ2) is 6.05. The number of nitrogens with zero attached hydrogens (tertiary/aromatic N) is 1. The lowest BCUT2D eigenvalue weighted by atomic mass is 10.0. The summed E-state index contributed by atoms with van der Waals surface area (Å²) in [5, 5.41) is 0.691. The Morgan fingerprint density at radius 2 is 2.28 bits per heavy atom. The average Bonchev–Trinajstić information content (AvgIpc) is 2.37. The average molecular weight is 264 g/mol. The van der Waals surface area contributed by atoms with Crippen LogP contribution < -0.4 is 0 Å². The maximum Gasteiger partial charge on any atom is 0.246 e. The van der Waals surface area contributed by atoms with E-state index in [1.54, 1.807) is 6.08 Å². The molecule has 96 valence electrons. The van der Waals surface area contributed by atoms with Gasteiger partial charge in [0.15, 0.2) is 0 Å². The quantitative estimate of drug-likeness (QED) is 0.744. The van der Waals surface area contributed by atoms with Gasteiger partial charge in [0.25, 0.3) is 0 Å². The second-order valence-electron chi connectivity index (χ2n) is 4.76. The third-order valence-corrected chi connectivity index (χ3v) is 3.59. The molecule has 1 saturated heterocycles. The fourth-order valence-electron chi connectivity index (χ4n) is 2.30. The van der Waals surface area contributed by atoms with Crippen molar-refractivity contribution in [3.63, 3.8) is 0 Å².